The molecule has 0 rings (SSSR count). The molecule has 4 atom stereocenters. The quantitative estimate of drug-likeness (QED) is 0.0402. The summed E-state index contributed by atoms with van der Waals surface area (Å²) in [5.74, 6) is -5.48. The van der Waals surface area contributed by atoms with Crippen LogP contribution in [0.3, 0.4) is 0 Å². The van der Waals surface area contributed by atoms with E-state index in [9.17, 15) is 33.9 Å². The SMILES string of the molecule is CSCCC(N)C(=O)NC(CCC(=O)O)C(=O)NC(CCC(N)=O)C(=O)NC(CCCN=C(N)N)C(=O)O. The van der Waals surface area contributed by atoms with Crippen LogP contribution in [-0.2, 0) is 28.8 Å². The van der Waals surface area contributed by atoms with Crippen LogP contribution in [0.2, 0.25) is 0 Å². The van der Waals surface area contributed by atoms with Crippen molar-refractivity contribution in [1.29, 1.82) is 0 Å². The summed E-state index contributed by atoms with van der Waals surface area (Å²) in [5.41, 5.74) is 21.4. The van der Waals surface area contributed by atoms with Crippen molar-refractivity contribution in [2.24, 2.45) is 27.9 Å². The lowest BCUT2D eigenvalue weighted by Gasteiger charge is -2.25. The van der Waals surface area contributed by atoms with Gasteiger partial charge in [-0.2, -0.15) is 11.8 Å². The van der Waals surface area contributed by atoms with E-state index in [1.165, 1.54) is 11.8 Å². The second-order valence-corrected chi connectivity index (χ2v) is 9.28. The number of aliphatic carboxylic acids is 2. The molecule has 0 saturated heterocycles. The molecule has 0 bridgehead atoms. The average molecular weight is 563 g/mol. The molecule has 0 aliphatic rings. The molecule has 0 aromatic carbocycles. The van der Waals surface area contributed by atoms with Gasteiger partial charge in [0.1, 0.15) is 18.1 Å². The molecule has 0 aromatic heterocycles. The van der Waals surface area contributed by atoms with Crippen LogP contribution in [0.5, 0.6) is 0 Å². The summed E-state index contributed by atoms with van der Waals surface area (Å²) in [5, 5.41) is 25.5. The molecule has 216 valence electrons. The van der Waals surface area contributed by atoms with Gasteiger partial charge < -0.3 is 49.1 Å². The molecule has 38 heavy (non-hydrogen) atoms. The van der Waals surface area contributed by atoms with Crippen molar-refractivity contribution in [1.82, 2.24) is 16.0 Å². The number of carbonyl (C=O) groups is 6. The van der Waals surface area contributed by atoms with Crippen molar-refractivity contribution in [3.8, 4) is 0 Å². The number of hydrogen-bond donors (Lipinski definition) is 9. The topological polar surface area (TPSA) is 295 Å². The van der Waals surface area contributed by atoms with E-state index in [4.69, 9.17) is 28.0 Å². The third kappa shape index (κ3) is 15.5. The molecular weight excluding hydrogens is 524 g/mol. The number of carboxylic acid groups (broad SMARTS) is 2. The van der Waals surface area contributed by atoms with Gasteiger partial charge in [-0.25, -0.2) is 4.79 Å². The Hall–Kier alpha value is -3.60. The van der Waals surface area contributed by atoms with Crippen LogP contribution in [-0.4, -0.2) is 94.5 Å². The number of nitrogens with one attached hydrogen (secondary N) is 3. The Morgan fingerprint density at radius 1 is 0.789 bits per heavy atom. The van der Waals surface area contributed by atoms with Crippen LogP contribution < -0.4 is 38.9 Å². The highest BCUT2D eigenvalue weighted by Gasteiger charge is 2.30. The van der Waals surface area contributed by atoms with Gasteiger partial charge in [0.2, 0.25) is 23.6 Å². The number of aliphatic imine (C=N–C) groups is 1. The van der Waals surface area contributed by atoms with Crippen molar-refractivity contribution >= 4 is 53.3 Å². The third-order valence-corrected chi connectivity index (χ3v) is 5.77. The predicted octanol–water partition coefficient (Wildman–Crippen LogP) is -3.21. The lowest BCUT2D eigenvalue weighted by Crippen LogP contribution is -2.57. The normalized spacial score (nSPS) is 13.7. The Morgan fingerprint density at radius 3 is 1.79 bits per heavy atom. The van der Waals surface area contributed by atoms with E-state index in [1.54, 1.807) is 0 Å². The van der Waals surface area contributed by atoms with Crippen LogP contribution in [0, 0.1) is 0 Å². The summed E-state index contributed by atoms with van der Waals surface area (Å²) in [4.78, 5) is 76.0. The zero-order chi connectivity index (χ0) is 29.3. The zero-order valence-corrected chi connectivity index (χ0v) is 22.0. The van der Waals surface area contributed by atoms with Crippen molar-refractivity contribution in [2.75, 3.05) is 18.6 Å². The van der Waals surface area contributed by atoms with E-state index in [0.717, 1.165) is 0 Å². The van der Waals surface area contributed by atoms with Gasteiger partial charge in [-0.15, -0.1) is 0 Å². The summed E-state index contributed by atoms with van der Waals surface area (Å²) in [7, 11) is 0. The molecule has 0 radical (unpaired) electrons. The van der Waals surface area contributed by atoms with Gasteiger partial charge in [0, 0.05) is 19.4 Å². The molecular formula is C21H38N8O8S. The second-order valence-electron chi connectivity index (χ2n) is 8.30. The number of hydrogen-bond acceptors (Lipinski definition) is 9. The summed E-state index contributed by atoms with van der Waals surface area (Å²) in [6, 6.07) is -5.09. The van der Waals surface area contributed by atoms with Crippen LogP contribution in [0.4, 0.5) is 0 Å². The fourth-order valence-corrected chi connectivity index (χ4v) is 3.54. The Labute approximate surface area is 224 Å². The van der Waals surface area contributed by atoms with Crippen molar-refractivity contribution in [2.45, 2.75) is 69.1 Å². The van der Waals surface area contributed by atoms with Crippen molar-refractivity contribution in [3.05, 3.63) is 0 Å². The number of nitrogens with two attached hydrogens (primary N) is 4. The molecule has 0 aromatic rings. The number of amides is 4. The average Bonchev–Trinajstić information content (AvgIpc) is 2.83. The van der Waals surface area contributed by atoms with E-state index in [0.29, 0.717) is 12.2 Å². The standard InChI is InChI=1S/C21H38N8O8S/c1-38-10-8-11(22)17(33)27-13(5-7-16(31)32)18(34)28-12(4-6-15(23)30)19(35)29-14(20(36)37)3-2-9-26-21(24)25/h11-14H,2-10,22H2,1H3,(H2,23,30)(H,27,33)(H,28,34)(H,29,35)(H,31,32)(H,36,37)(H4,24,25,26). The van der Waals surface area contributed by atoms with Gasteiger partial charge in [-0.1, -0.05) is 0 Å². The lowest BCUT2D eigenvalue weighted by molar-refractivity contribution is -0.142. The molecule has 17 heteroatoms. The summed E-state index contributed by atoms with van der Waals surface area (Å²) < 4.78 is 0. The van der Waals surface area contributed by atoms with Crippen molar-refractivity contribution < 1.29 is 39.0 Å². The highest BCUT2D eigenvalue weighted by molar-refractivity contribution is 7.98. The number of rotatable bonds is 20. The first-order valence-corrected chi connectivity index (χ1v) is 13.1. The number of guanidine groups is 1. The minimum absolute atomic E-state index is 0.0421. The maximum atomic E-state index is 13.0. The van der Waals surface area contributed by atoms with Gasteiger partial charge in [-0.3, -0.25) is 29.0 Å². The lowest BCUT2D eigenvalue weighted by atomic mass is 10.1. The molecule has 0 aliphatic heterocycles. The Morgan fingerprint density at radius 2 is 1.32 bits per heavy atom. The predicted molar refractivity (Wildman–Crippen MR) is 140 cm³/mol. The van der Waals surface area contributed by atoms with Crippen LogP contribution in [0.1, 0.15) is 44.9 Å². The molecule has 13 N–H and O–H groups in total. The summed E-state index contributed by atoms with van der Waals surface area (Å²) >= 11 is 1.46. The molecule has 0 aliphatic carbocycles. The second kappa shape index (κ2) is 18.6. The van der Waals surface area contributed by atoms with Gasteiger partial charge in [0.25, 0.3) is 0 Å². The maximum Gasteiger partial charge on any atom is 0.326 e. The number of carbonyl (C=O) groups excluding carboxylic acids is 4. The number of thioether (sulfide) groups is 1. The molecule has 4 unspecified atom stereocenters. The monoisotopic (exact) mass is 562 g/mol. The van der Waals surface area contributed by atoms with E-state index < -0.39 is 66.2 Å². The smallest absolute Gasteiger partial charge is 0.326 e. The summed E-state index contributed by atoms with van der Waals surface area (Å²) in [6.07, 6.45) is 0.912. The highest BCUT2D eigenvalue weighted by atomic mass is 32.2. The minimum Gasteiger partial charge on any atom is -0.481 e. The van der Waals surface area contributed by atoms with Gasteiger partial charge in [-0.05, 0) is 44.1 Å². The van der Waals surface area contributed by atoms with E-state index in [1.807, 2.05) is 6.26 Å². The molecule has 16 nitrogen and oxygen atoms in total. The van der Waals surface area contributed by atoms with E-state index in [2.05, 4.69) is 20.9 Å². The molecule has 0 heterocycles. The van der Waals surface area contributed by atoms with Gasteiger partial charge in [0.15, 0.2) is 5.96 Å². The Kier molecular flexibility index (Phi) is 16.9. The van der Waals surface area contributed by atoms with Crippen molar-refractivity contribution in [3.63, 3.8) is 0 Å². The maximum absolute atomic E-state index is 13.0. The number of carboxylic acids is 2. The first-order chi connectivity index (χ1) is 17.8. The third-order valence-electron chi connectivity index (χ3n) is 5.12. The number of primary amides is 1. The van der Waals surface area contributed by atoms with Crippen LogP contribution in [0.25, 0.3) is 0 Å². The molecule has 0 saturated carbocycles. The first kappa shape index (κ1) is 34.4. The highest BCUT2D eigenvalue weighted by Crippen LogP contribution is 2.06. The first-order valence-electron chi connectivity index (χ1n) is 11.7. The van der Waals surface area contributed by atoms with E-state index in [-0.39, 0.29) is 44.6 Å². The molecule has 4 amide bonds. The molecule has 0 fully saturated rings. The van der Waals surface area contributed by atoms with Crippen LogP contribution in [0.15, 0.2) is 4.99 Å². The minimum atomic E-state index is -1.41. The largest absolute Gasteiger partial charge is 0.481 e. The van der Waals surface area contributed by atoms with Gasteiger partial charge in [0.05, 0.1) is 6.04 Å². The number of nitrogens with zero attached hydrogens (tertiary/aromatic N) is 1. The Balaban J connectivity index is 5.58. The van der Waals surface area contributed by atoms with Gasteiger partial charge >= 0.3 is 11.9 Å². The van der Waals surface area contributed by atoms with Crippen LogP contribution >= 0.6 is 11.8 Å². The van der Waals surface area contributed by atoms with E-state index >= 15 is 0 Å². The fraction of sp³-hybridized carbons (Fsp3) is 0.667. The summed E-state index contributed by atoms with van der Waals surface area (Å²) in [6.45, 7) is 0.119. The fourth-order valence-electron chi connectivity index (χ4n) is 3.05. The Bertz CT molecular complexity index is 868. The molecule has 0 spiro atoms. The zero-order valence-electron chi connectivity index (χ0n) is 21.2.